The van der Waals surface area contributed by atoms with Gasteiger partial charge in [-0.05, 0) is 64.8 Å². The molecule has 0 spiro atoms. The molecular formula is C22H20BrN7. The molecule has 8 heteroatoms. The zero-order valence-corrected chi connectivity index (χ0v) is 17.7. The van der Waals surface area contributed by atoms with Crippen LogP contribution in [0.25, 0.3) is 16.5 Å². The quantitative estimate of drug-likeness (QED) is 0.335. The number of halogens is 1. The van der Waals surface area contributed by atoms with Crippen molar-refractivity contribution in [3.05, 3.63) is 71.1 Å². The number of fused-ring (bicyclic) bond motifs is 1. The SMILES string of the molecule is Brc1cnc(Nc2ccc3[nH]cc(C4=CCNCC4)c3c2)nc1Nc1ccccn1. The number of nitrogens with one attached hydrogen (secondary N) is 4. The lowest BCUT2D eigenvalue weighted by Crippen LogP contribution is -2.19. The van der Waals surface area contributed by atoms with Crippen LogP contribution in [0.1, 0.15) is 12.0 Å². The monoisotopic (exact) mass is 461 g/mol. The molecule has 3 aromatic heterocycles. The maximum absolute atomic E-state index is 4.60. The highest BCUT2D eigenvalue weighted by Gasteiger charge is 2.12. The van der Waals surface area contributed by atoms with Gasteiger partial charge in [0, 0.05) is 47.3 Å². The summed E-state index contributed by atoms with van der Waals surface area (Å²) in [5.41, 5.74) is 4.68. The Morgan fingerprint density at radius 3 is 2.87 bits per heavy atom. The van der Waals surface area contributed by atoms with E-state index in [-0.39, 0.29) is 0 Å². The average molecular weight is 462 g/mol. The Hall–Kier alpha value is -3.23. The van der Waals surface area contributed by atoms with E-state index in [4.69, 9.17) is 0 Å². The van der Waals surface area contributed by atoms with Gasteiger partial charge >= 0.3 is 0 Å². The summed E-state index contributed by atoms with van der Waals surface area (Å²) < 4.78 is 0.764. The standard InChI is InChI=1S/C22H20BrN7/c23-18-13-27-22(30-21(18)29-20-3-1-2-8-25-20)28-15-4-5-19-16(11-15)17(12-26-19)14-6-9-24-10-7-14/h1-6,8,11-13,24,26H,7,9-10H2,(H2,25,27,28,29,30). The third-order valence-corrected chi connectivity index (χ3v) is 5.58. The van der Waals surface area contributed by atoms with Crippen LogP contribution in [0.5, 0.6) is 0 Å². The summed E-state index contributed by atoms with van der Waals surface area (Å²) in [5, 5.41) is 11.1. The van der Waals surface area contributed by atoms with E-state index in [0.717, 1.165) is 41.0 Å². The van der Waals surface area contributed by atoms with Crippen LogP contribution in [0.3, 0.4) is 0 Å². The first-order chi connectivity index (χ1) is 14.8. The number of hydrogen-bond donors (Lipinski definition) is 4. The van der Waals surface area contributed by atoms with Crippen molar-refractivity contribution in [3.63, 3.8) is 0 Å². The van der Waals surface area contributed by atoms with Gasteiger partial charge in [0.25, 0.3) is 0 Å². The van der Waals surface area contributed by atoms with Gasteiger partial charge in [-0.15, -0.1) is 0 Å². The largest absolute Gasteiger partial charge is 0.361 e. The highest BCUT2D eigenvalue weighted by Crippen LogP contribution is 2.31. The number of rotatable bonds is 5. The lowest BCUT2D eigenvalue weighted by atomic mass is 9.99. The van der Waals surface area contributed by atoms with E-state index in [1.54, 1.807) is 12.4 Å². The Morgan fingerprint density at radius 1 is 1.07 bits per heavy atom. The second-order valence-electron chi connectivity index (χ2n) is 7.00. The van der Waals surface area contributed by atoms with Gasteiger partial charge in [-0.25, -0.2) is 9.97 Å². The smallest absolute Gasteiger partial charge is 0.229 e. The second-order valence-corrected chi connectivity index (χ2v) is 7.86. The summed E-state index contributed by atoms with van der Waals surface area (Å²) in [6.45, 7) is 1.92. The van der Waals surface area contributed by atoms with Gasteiger partial charge < -0.3 is 20.9 Å². The Kier molecular flexibility index (Phi) is 5.17. The van der Waals surface area contributed by atoms with E-state index < -0.39 is 0 Å². The zero-order valence-electron chi connectivity index (χ0n) is 16.1. The van der Waals surface area contributed by atoms with Crippen LogP contribution in [0.4, 0.5) is 23.3 Å². The van der Waals surface area contributed by atoms with Gasteiger partial charge in [0.15, 0.2) is 5.82 Å². The second kappa shape index (κ2) is 8.25. The Bertz CT molecular complexity index is 1220. The molecule has 5 rings (SSSR count). The molecule has 0 saturated carbocycles. The third kappa shape index (κ3) is 3.92. The molecule has 1 aliphatic heterocycles. The van der Waals surface area contributed by atoms with Gasteiger partial charge in [0.1, 0.15) is 5.82 Å². The molecule has 0 bridgehead atoms. The van der Waals surface area contributed by atoms with Gasteiger partial charge in [0.2, 0.25) is 5.95 Å². The summed E-state index contributed by atoms with van der Waals surface area (Å²) in [6.07, 6.45) is 8.85. The fourth-order valence-electron chi connectivity index (χ4n) is 3.53. The van der Waals surface area contributed by atoms with Crippen LogP contribution in [0.2, 0.25) is 0 Å². The van der Waals surface area contributed by atoms with Gasteiger partial charge in [-0.1, -0.05) is 12.1 Å². The molecule has 4 aromatic rings. The van der Waals surface area contributed by atoms with E-state index >= 15 is 0 Å². The average Bonchev–Trinajstić information content (AvgIpc) is 3.21. The molecule has 0 radical (unpaired) electrons. The molecule has 1 aliphatic rings. The van der Waals surface area contributed by atoms with E-state index in [1.165, 1.54) is 16.5 Å². The molecule has 0 saturated heterocycles. The number of pyridine rings is 1. The molecular weight excluding hydrogens is 442 g/mol. The zero-order chi connectivity index (χ0) is 20.3. The van der Waals surface area contributed by atoms with Crippen molar-refractivity contribution >= 4 is 55.7 Å². The Labute approximate surface area is 182 Å². The molecule has 0 aliphatic carbocycles. The first-order valence-corrected chi connectivity index (χ1v) is 10.5. The third-order valence-electron chi connectivity index (χ3n) is 5.00. The predicted octanol–water partition coefficient (Wildman–Crippen LogP) is 4.98. The van der Waals surface area contributed by atoms with Crippen LogP contribution in [-0.4, -0.2) is 33.0 Å². The number of nitrogens with zero attached hydrogens (tertiary/aromatic N) is 3. The number of benzene rings is 1. The van der Waals surface area contributed by atoms with Gasteiger partial charge in [0.05, 0.1) is 4.47 Å². The molecule has 7 nitrogen and oxygen atoms in total. The molecule has 0 amide bonds. The highest BCUT2D eigenvalue weighted by molar-refractivity contribution is 9.10. The van der Waals surface area contributed by atoms with Crippen LogP contribution in [-0.2, 0) is 0 Å². The summed E-state index contributed by atoms with van der Waals surface area (Å²) in [5.74, 6) is 1.88. The lowest BCUT2D eigenvalue weighted by molar-refractivity contribution is 0.739. The van der Waals surface area contributed by atoms with Crippen molar-refractivity contribution in [2.24, 2.45) is 0 Å². The van der Waals surface area contributed by atoms with Gasteiger partial charge in [-0.3, -0.25) is 0 Å². The minimum atomic E-state index is 0.508. The van der Waals surface area contributed by atoms with E-state index in [2.05, 4.69) is 76.2 Å². The first-order valence-electron chi connectivity index (χ1n) is 9.75. The molecule has 30 heavy (non-hydrogen) atoms. The number of anilines is 4. The van der Waals surface area contributed by atoms with Gasteiger partial charge in [-0.2, -0.15) is 4.98 Å². The summed E-state index contributed by atoms with van der Waals surface area (Å²) >= 11 is 3.50. The number of H-pyrrole nitrogens is 1. The number of hydrogen-bond acceptors (Lipinski definition) is 6. The number of aromatic amines is 1. The molecule has 0 atom stereocenters. The Balaban J connectivity index is 1.43. The van der Waals surface area contributed by atoms with Crippen LogP contribution >= 0.6 is 15.9 Å². The minimum Gasteiger partial charge on any atom is -0.361 e. The van der Waals surface area contributed by atoms with Crippen molar-refractivity contribution in [2.45, 2.75) is 6.42 Å². The molecule has 1 aromatic carbocycles. The molecule has 150 valence electrons. The first kappa shape index (κ1) is 18.8. The van der Waals surface area contributed by atoms with Crippen LogP contribution in [0.15, 0.2) is 65.5 Å². The maximum Gasteiger partial charge on any atom is 0.229 e. The minimum absolute atomic E-state index is 0.508. The summed E-state index contributed by atoms with van der Waals surface area (Å²) in [4.78, 5) is 16.7. The van der Waals surface area contributed by atoms with Crippen molar-refractivity contribution in [2.75, 3.05) is 23.7 Å². The van der Waals surface area contributed by atoms with E-state index in [9.17, 15) is 0 Å². The van der Waals surface area contributed by atoms with Crippen LogP contribution in [0, 0.1) is 0 Å². The number of aromatic nitrogens is 4. The van der Waals surface area contributed by atoms with Crippen molar-refractivity contribution < 1.29 is 0 Å². The van der Waals surface area contributed by atoms with E-state index in [1.807, 2.05) is 24.3 Å². The van der Waals surface area contributed by atoms with Crippen molar-refractivity contribution in [1.82, 2.24) is 25.3 Å². The predicted molar refractivity (Wildman–Crippen MR) is 124 cm³/mol. The normalized spacial score (nSPS) is 13.8. The van der Waals surface area contributed by atoms with Crippen molar-refractivity contribution in [1.29, 1.82) is 0 Å². The van der Waals surface area contributed by atoms with Crippen LogP contribution < -0.4 is 16.0 Å². The molecule has 0 unspecified atom stereocenters. The summed E-state index contributed by atoms with van der Waals surface area (Å²) in [7, 11) is 0. The fourth-order valence-corrected chi connectivity index (χ4v) is 3.82. The molecule has 4 N–H and O–H groups in total. The summed E-state index contributed by atoms with van der Waals surface area (Å²) in [6, 6.07) is 11.9. The van der Waals surface area contributed by atoms with E-state index in [0.29, 0.717) is 11.8 Å². The van der Waals surface area contributed by atoms with Crippen molar-refractivity contribution in [3.8, 4) is 0 Å². The lowest BCUT2D eigenvalue weighted by Gasteiger charge is -2.14. The maximum atomic E-state index is 4.60. The Morgan fingerprint density at radius 2 is 2.03 bits per heavy atom. The fraction of sp³-hybridized carbons (Fsp3) is 0.136. The molecule has 0 fully saturated rings. The highest BCUT2D eigenvalue weighted by atomic mass is 79.9. The topological polar surface area (TPSA) is 90.5 Å². The molecule has 4 heterocycles.